The number of ether oxygens (including phenoxy) is 1. The van der Waals surface area contributed by atoms with E-state index in [4.69, 9.17) is 27.9 Å². The highest BCUT2D eigenvalue weighted by molar-refractivity contribution is 6.44. The Balaban J connectivity index is 1.40. The number of carbonyl (C=O) groups is 2. The number of rotatable bonds is 3. The normalized spacial score (nSPS) is 18.4. The van der Waals surface area contributed by atoms with Crippen molar-refractivity contribution in [3.63, 3.8) is 0 Å². The Morgan fingerprint density at radius 3 is 2.34 bits per heavy atom. The molecule has 2 amide bonds. The van der Waals surface area contributed by atoms with Gasteiger partial charge in [0.1, 0.15) is 11.5 Å². The number of aromatic amines is 1. The van der Waals surface area contributed by atoms with Crippen LogP contribution in [-0.2, 0) is 9.53 Å². The molecule has 2 aliphatic heterocycles. The molecule has 0 atom stereocenters. The van der Waals surface area contributed by atoms with Crippen LogP contribution in [0.15, 0.2) is 12.1 Å². The maximum absolute atomic E-state index is 13.7. The van der Waals surface area contributed by atoms with Crippen LogP contribution in [0.25, 0.3) is 10.9 Å². The second-order valence-corrected chi connectivity index (χ2v) is 7.92. The fourth-order valence-corrected chi connectivity index (χ4v) is 4.33. The first-order valence-corrected chi connectivity index (χ1v) is 10.2. The standard InChI is InChI=1S/C19H21Cl2FN4O3/c20-16-12(22)1-2-13-15(16)17(21)18(23-13)19(28)26-5-3-25(4-6-26)14(27)11-24-7-9-29-10-8-24/h1-2,23H,3-11H2. The third-order valence-corrected chi connectivity index (χ3v) is 6.14. The molecule has 0 radical (unpaired) electrons. The summed E-state index contributed by atoms with van der Waals surface area (Å²) in [5.41, 5.74) is 0.686. The summed E-state index contributed by atoms with van der Waals surface area (Å²) in [6.07, 6.45) is 0. The number of hydrogen-bond acceptors (Lipinski definition) is 4. The van der Waals surface area contributed by atoms with E-state index < -0.39 is 5.82 Å². The van der Waals surface area contributed by atoms with Crippen LogP contribution >= 0.6 is 23.2 Å². The van der Waals surface area contributed by atoms with Crippen molar-refractivity contribution < 1.29 is 18.7 Å². The number of piperazine rings is 1. The van der Waals surface area contributed by atoms with E-state index in [2.05, 4.69) is 9.88 Å². The molecule has 1 aromatic carbocycles. The Labute approximate surface area is 177 Å². The minimum atomic E-state index is -0.591. The lowest BCUT2D eigenvalue weighted by Gasteiger charge is -2.36. The van der Waals surface area contributed by atoms with Crippen LogP contribution in [0, 0.1) is 5.82 Å². The van der Waals surface area contributed by atoms with Crippen LogP contribution < -0.4 is 0 Å². The van der Waals surface area contributed by atoms with Crippen LogP contribution in [0.5, 0.6) is 0 Å². The number of fused-ring (bicyclic) bond motifs is 1. The summed E-state index contributed by atoms with van der Waals surface area (Å²) in [5.74, 6) is -0.820. The van der Waals surface area contributed by atoms with E-state index in [9.17, 15) is 14.0 Å². The molecule has 0 spiro atoms. The van der Waals surface area contributed by atoms with Gasteiger partial charge in [0, 0.05) is 50.2 Å². The molecule has 0 saturated carbocycles. The van der Waals surface area contributed by atoms with Gasteiger partial charge in [-0.3, -0.25) is 14.5 Å². The molecule has 2 saturated heterocycles. The third kappa shape index (κ3) is 4.07. The highest BCUT2D eigenvalue weighted by atomic mass is 35.5. The van der Waals surface area contributed by atoms with Gasteiger partial charge in [0.25, 0.3) is 5.91 Å². The first-order chi connectivity index (χ1) is 14.0. The Kier molecular flexibility index (Phi) is 5.96. The number of nitrogens with zero attached hydrogens (tertiary/aromatic N) is 3. The lowest BCUT2D eigenvalue weighted by atomic mass is 10.2. The molecule has 1 aromatic heterocycles. The first kappa shape index (κ1) is 20.4. The monoisotopic (exact) mass is 442 g/mol. The highest BCUT2D eigenvalue weighted by Crippen LogP contribution is 2.35. The van der Waals surface area contributed by atoms with E-state index >= 15 is 0 Å². The molecule has 0 aliphatic carbocycles. The van der Waals surface area contributed by atoms with E-state index in [0.29, 0.717) is 56.8 Å². The van der Waals surface area contributed by atoms with Gasteiger partial charge in [0.05, 0.1) is 29.8 Å². The molecule has 4 rings (SSSR count). The molecule has 2 aliphatic rings. The second kappa shape index (κ2) is 8.47. The number of nitrogens with one attached hydrogen (secondary N) is 1. The smallest absolute Gasteiger partial charge is 0.271 e. The van der Waals surface area contributed by atoms with Gasteiger partial charge in [0.15, 0.2) is 0 Å². The van der Waals surface area contributed by atoms with Crippen molar-refractivity contribution in [3.05, 3.63) is 33.7 Å². The predicted octanol–water partition coefficient (Wildman–Crippen LogP) is 2.23. The number of benzene rings is 1. The minimum absolute atomic E-state index is 0.0601. The number of carbonyl (C=O) groups excluding carboxylic acids is 2. The second-order valence-electron chi connectivity index (χ2n) is 7.16. The van der Waals surface area contributed by atoms with Gasteiger partial charge in [-0.2, -0.15) is 0 Å². The quantitative estimate of drug-likeness (QED) is 0.790. The summed E-state index contributed by atoms with van der Waals surface area (Å²) < 4.78 is 19.0. The van der Waals surface area contributed by atoms with E-state index in [1.807, 2.05) is 0 Å². The lowest BCUT2D eigenvalue weighted by Crippen LogP contribution is -2.53. The summed E-state index contributed by atoms with van der Waals surface area (Å²) in [6.45, 7) is 4.91. The van der Waals surface area contributed by atoms with Crippen LogP contribution in [-0.4, -0.2) is 90.5 Å². The molecule has 0 bridgehead atoms. The molecule has 7 nitrogen and oxygen atoms in total. The molecule has 1 N–H and O–H groups in total. The minimum Gasteiger partial charge on any atom is -0.379 e. The SMILES string of the molecule is O=C(CN1CCOCC1)N1CCN(C(=O)c2[nH]c3ccc(F)c(Cl)c3c2Cl)CC1. The van der Waals surface area contributed by atoms with E-state index in [1.54, 1.807) is 9.80 Å². The van der Waals surface area contributed by atoms with E-state index in [-0.39, 0.29) is 27.6 Å². The average Bonchev–Trinajstić information content (AvgIpc) is 3.08. The molecule has 156 valence electrons. The Morgan fingerprint density at radius 1 is 1.00 bits per heavy atom. The van der Waals surface area contributed by atoms with Gasteiger partial charge in [-0.25, -0.2) is 4.39 Å². The van der Waals surface area contributed by atoms with E-state index in [1.165, 1.54) is 12.1 Å². The molecule has 29 heavy (non-hydrogen) atoms. The van der Waals surface area contributed by atoms with Gasteiger partial charge in [-0.05, 0) is 12.1 Å². The zero-order chi connectivity index (χ0) is 20.5. The van der Waals surface area contributed by atoms with Crippen LogP contribution in [0.4, 0.5) is 4.39 Å². The average molecular weight is 443 g/mol. The number of hydrogen-bond donors (Lipinski definition) is 1. The fourth-order valence-electron chi connectivity index (χ4n) is 3.70. The Morgan fingerprint density at radius 2 is 1.66 bits per heavy atom. The first-order valence-electron chi connectivity index (χ1n) is 9.48. The topological polar surface area (TPSA) is 68.9 Å². The van der Waals surface area contributed by atoms with Gasteiger partial charge in [-0.15, -0.1) is 0 Å². The van der Waals surface area contributed by atoms with Crippen LogP contribution in [0.1, 0.15) is 10.5 Å². The van der Waals surface area contributed by atoms with Crippen molar-refractivity contribution in [2.45, 2.75) is 0 Å². The molecular weight excluding hydrogens is 422 g/mol. The molecule has 3 heterocycles. The van der Waals surface area contributed by atoms with Gasteiger partial charge >= 0.3 is 0 Å². The third-order valence-electron chi connectivity index (χ3n) is 5.39. The number of morpholine rings is 1. The van der Waals surface area contributed by atoms with Gasteiger partial charge in [0.2, 0.25) is 5.91 Å². The molecular formula is C19H21Cl2FN4O3. The zero-order valence-corrected chi connectivity index (χ0v) is 17.2. The summed E-state index contributed by atoms with van der Waals surface area (Å²) in [6, 6.07) is 2.73. The van der Waals surface area contributed by atoms with Gasteiger partial charge < -0.3 is 19.5 Å². The summed E-state index contributed by atoms with van der Waals surface area (Å²) in [5, 5.41) is 0.303. The Hall–Kier alpha value is -1.87. The summed E-state index contributed by atoms with van der Waals surface area (Å²) in [4.78, 5) is 33.9. The van der Waals surface area contributed by atoms with Crippen molar-refractivity contribution in [3.8, 4) is 0 Å². The number of halogens is 3. The predicted molar refractivity (Wildman–Crippen MR) is 108 cm³/mol. The number of amides is 2. The lowest BCUT2D eigenvalue weighted by molar-refractivity contribution is -0.134. The van der Waals surface area contributed by atoms with Crippen molar-refractivity contribution in [2.24, 2.45) is 0 Å². The van der Waals surface area contributed by atoms with Crippen LogP contribution in [0.3, 0.4) is 0 Å². The molecule has 10 heteroatoms. The summed E-state index contributed by atoms with van der Waals surface area (Å²) in [7, 11) is 0. The van der Waals surface area contributed by atoms with Crippen molar-refractivity contribution >= 4 is 45.9 Å². The molecule has 2 fully saturated rings. The van der Waals surface area contributed by atoms with Gasteiger partial charge in [-0.1, -0.05) is 23.2 Å². The van der Waals surface area contributed by atoms with Crippen molar-refractivity contribution in [2.75, 3.05) is 59.0 Å². The highest BCUT2D eigenvalue weighted by Gasteiger charge is 2.29. The fraction of sp³-hybridized carbons (Fsp3) is 0.474. The zero-order valence-electron chi connectivity index (χ0n) is 15.7. The molecule has 2 aromatic rings. The van der Waals surface area contributed by atoms with Crippen molar-refractivity contribution in [1.29, 1.82) is 0 Å². The van der Waals surface area contributed by atoms with Crippen LogP contribution in [0.2, 0.25) is 10.0 Å². The number of H-pyrrole nitrogens is 1. The maximum Gasteiger partial charge on any atom is 0.271 e. The van der Waals surface area contributed by atoms with Crippen molar-refractivity contribution in [1.82, 2.24) is 19.7 Å². The van der Waals surface area contributed by atoms with E-state index in [0.717, 1.165) is 13.1 Å². The Bertz CT molecular complexity index is 937. The number of aromatic nitrogens is 1. The summed E-state index contributed by atoms with van der Waals surface area (Å²) >= 11 is 12.3. The molecule has 0 unspecified atom stereocenters. The maximum atomic E-state index is 13.7. The largest absolute Gasteiger partial charge is 0.379 e.